The third kappa shape index (κ3) is 2.79. The number of aromatic nitrogens is 3. The molecule has 0 aliphatic carbocycles. The molecule has 1 aliphatic rings. The summed E-state index contributed by atoms with van der Waals surface area (Å²) in [6.07, 6.45) is -3.35. The summed E-state index contributed by atoms with van der Waals surface area (Å²) < 4.78 is 69.2. The van der Waals surface area contributed by atoms with Gasteiger partial charge in [0.1, 0.15) is 23.5 Å². The van der Waals surface area contributed by atoms with Gasteiger partial charge in [-0.15, -0.1) is 10.2 Å². The summed E-state index contributed by atoms with van der Waals surface area (Å²) in [7, 11) is 0. The first-order valence-corrected chi connectivity index (χ1v) is 7.88. The standard InChI is InChI=1S/C18H11F5N4/c1-9-25-26-17-16(15-12(19)3-2-4-13(15)20)24-8-10-7-11(18(21,22)23)5-6-14(10)27(9)17/h2-8,16H,1H3. The number of rotatable bonds is 1. The Balaban J connectivity index is 1.97. The zero-order valence-corrected chi connectivity index (χ0v) is 13.8. The lowest BCUT2D eigenvalue weighted by Gasteiger charge is -2.15. The van der Waals surface area contributed by atoms with Crippen molar-refractivity contribution < 1.29 is 22.0 Å². The topological polar surface area (TPSA) is 43.1 Å². The maximum Gasteiger partial charge on any atom is 0.416 e. The lowest BCUT2D eigenvalue weighted by atomic mass is 10.1. The second-order valence-corrected chi connectivity index (χ2v) is 6.03. The Kier molecular flexibility index (Phi) is 3.83. The molecule has 1 atom stereocenters. The van der Waals surface area contributed by atoms with Gasteiger partial charge in [-0.1, -0.05) is 6.07 Å². The average molecular weight is 378 g/mol. The molecule has 0 N–H and O–H groups in total. The van der Waals surface area contributed by atoms with Gasteiger partial charge in [0.15, 0.2) is 5.82 Å². The van der Waals surface area contributed by atoms with Crippen LogP contribution in [0.15, 0.2) is 41.4 Å². The molecule has 1 aliphatic heterocycles. The van der Waals surface area contributed by atoms with Crippen LogP contribution in [-0.4, -0.2) is 21.0 Å². The highest BCUT2D eigenvalue weighted by molar-refractivity contribution is 5.86. The normalized spacial score (nSPS) is 16.0. The van der Waals surface area contributed by atoms with E-state index < -0.39 is 29.4 Å². The maximum absolute atomic E-state index is 14.3. The van der Waals surface area contributed by atoms with Crippen LogP contribution in [-0.2, 0) is 6.18 Å². The number of hydrogen-bond donors (Lipinski definition) is 0. The fraction of sp³-hybridized carbons (Fsp3) is 0.167. The van der Waals surface area contributed by atoms with Crippen LogP contribution in [0, 0.1) is 18.6 Å². The van der Waals surface area contributed by atoms with E-state index in [0.717, 1.165) is 24.3 Å². The van der Waals surface area contributed by atoms with Crippen molar-refractivity contribution in [1.82, 2.24) is 14.8 Å². The van der Waals surface area contributed by atoms with Crippen LogP contribution < -0.4 is 0 Å². The summed E-state index contributed by atoms with van der Waals surface area (Å²) in [5.41, 5.74) is -0.696. The number of nitrogens with zero attached hydrogens (tertiary/aromatic N) is 4. The van der Waals surface area contributed by atoms with Crippen LogP contribution in [0.1, 0.15) is 34.4 Å². The first-order chi connectivity index (χ1) is 12.8. The van der Waals surface area contributed by atoms with Gasteiger partial charge in [-0.3, -0.25) is 9.56 Å². The molecule has 0 amide bonds. The number of benzene rings is 2. The summed E-state index contributed by atoms with van der Waals surface area (Å²) in [5.74, 6) is -1.18. The quantitative estimate of drug-likeness (QED) is 0.590. The van der Waals surface area contributed by atoms with Crippen LogP contribution in [0.5, 0.6) is 0 Å². The van der Waals surface area contributed by atoms with E-state index in [-0.39, 0.29) is 17.0 Å². The lowest BCUT2D eigenvalue weighted by molar-refractivity contribution is -0.137. The molecule has 0 fully saturated rings. The summed E-state index contributed by atoms with van der Waals surface area (Å²) in [4.78, 5) is 4.14. The second-order valence-electron chi connectivity index (χ2n) is 6.03. The summed E-state index contributed by atoms with van der Waals surface area (Å²) >= 11 is 0. The first kappa shape index (κ1) is 17.3. The summed E-state index contributed by atoms with van der Waals surface area (Å²) in [6.45, 7) is 1.60. The number of fused-ring (bicyclic) bond motifs is 3. The lowest BCUT2D eigenvalue weighted by Crippen LogP contribution is -2.11. The predicted octanol–water partition coefficient (Wildman–Crippen LogP) is 4.39. The smallest absolute Gasteiger partial charge is 0.280 e. The molecule has 3 aromatic rings. The Morgan fingerprint density at radius 1 is 1.00 bits per heavy atom. The molecule has 0 saturated carbocycles. The number of alkyl halides is 3. The summed E-state index contributed by atoms with van der Waals surface area (Å²) in [5, 5.41) is 7.89. The van der Waals surface area contributed by atoms with E-state index in [1.54, 1.807) is 6.92 Å². The number of hydrogen-bond acceptors (Lipinski definition) is 3. The van der Waals surface area contributed by atoms with Gasteiger partial charge < -0.3 is 0 Å². The van der Waals surface area contributed by atoms with Gasteiger partial charge in [0, 0.05) is 11.8 Å². The van der Waals surface area contributed by atoms with Gasteiger partial charge in [-0.25, -0.2) is 8.78 Å². The molecule has 4 rings (SSSR count). The highest BCUT2D eigenvalue weighted by Gasteiger charge is 2.33. The van der Waals surface area contributed by atoms with Crippen LogP contribution in [0.25, 0.3) is 5.69 Å². The molecular formula is C18H11F5N4. The molecule has 0 bridgehead atoms. The monoisotopic (exact) mass is 378 g/mol. The van der Waals surface area contributed by atoms with E-state index in [9.17, 15) is 22.0 Å². The predicted molar refractivity (Wildman–Crippen MR) is 86.9 cm³/mol. The van der Waals surface area contributed by atoms with E-state index in [2.05, 4.69) is 15.2 Å². The Hall–Kier alpha value is -3.10. The number of halogens is 5. The fourth-order valence-corrected chi connectivity index (χ4v) is 3.09. The van der Waals surface area contributed by atoms with E-state index >= 15 is 0 Å². The Bertz CT molecular complexity index is 1050. The minimum Gasteiger partial charge on any atom is -0.280 e. The van der Waals surface area contributed by atoms with Crippen molar-refractivity contribution in [3.8, 4) is 5.69 Å². The third-order valence-electron chi connectivity index (χ3n) is 4.33. The van der Waals surface area contributed by atoms with Crippen molar-refractivity contribution >= 4 is 6.21 Å². The van der Waals surface area contributed by atoms with Crippen molar-refractivity contribution in [1.29, 1.82) is 0 Å². The Morgan fingerprint density at radius 3 is 2.37 bits per heavy atom. The van der Waals surface area contributed by atoms with Crippen molar-refractivity contribution in [2.75, 3.05) is 0 Å². The van der Waals surface area contributed by atoms with Gasteiger partial charge in [0.05, 0.1) is 16.8 Å². The van der Waals surface area contributed by atoms with E-state index in [0.29, 0.717) is 11.5 Å². The highest BCUT2D eigenvalue weighted by atomic mass is 19.4. The second kappa shape index (κ2) is 5.97. The van der Waals surface area contributed by atoms with Gasteiger partial charge >= 0.3 is 6.18 Å². The van der Waals surface area contributed by atoms with Gasteiger partial charge in [-0.2, -0.15) is 13.2 Å². The largest absolute Gasteiger partial charge is 0.416 e. The van der Waals surface area contributed by atoms with Crippen molar-refractivity contribution in [2.45, 2.75) is 19.1 Å². The van der Waals surface area contributed by atoms with Gasteiger partial charge in [0.25, 0.3) is 0 Å². The molecule has 2 heterocycles. The molecule has 0 saturated heterocycles. The average Bonchev–Trinajstić information content (AvgIpc) is 2.89. The zero-order chi connectivity index (χ0) is 19.3. The maximum atomic E-state index is 14.3. The fourth-order valence-electron chi connectivity index (χ4n) is 3.09. The zero-order valence-electron chi connectivity index (χ0n) is 13.8. The molecule has 0 radical (unpaired) electrons. The van der Waals surface area contributed by atoms with Crippen molar-refractivity contribution in [3.63, 3.8) is 0 Å². The van der Waals surface area contributed by atoms with E-state index in [4.69, 9.17) is 0 Å². The van der Waals surface area contributed by atoms with E-state index in [1.807, 2.05) is 0 Å². The summed E-state index contributed by atoms with van der Waals surface area (Å²) in [6, 6.07) is 5.33. The molecule has 4 nitrogen and oxygen atoms in total. The highest BCUT2D eigenvalue weighted by Crippen LogP contribution is 2.36. The third-order valence-corrected chi connectivity index (χ3v) is 4.33. The van der Waals surface area contributed by atoms with E-state index in [1.165, 1.54) is 22.9 Å². The Morgan fingerprint density at radius 2 is 1.70 bits per heavy atom. The molecule has 138 valence electrons. The minimum atomic E-state index is -4.53. The molecule has 1 unspecified atom stereocenters. The molecule has 9 heteroatoms. The van der Waals surface area contributed by atoms with Gasteiger partial charge in [0.2, 0.25) is 0 Å². The SMILES string of the molecule is Cc1nnc2n1-c1ccc(C(F)(F)F)cc1C=NC2c1c(F)cccc1F. The van der Waals surface area contributed by atoms with Crippen molar-refractivity contribution in [2.24, 2.45) is 4.99 Å². The molecular weight excluding hydrogens is 367 g/mol. The van der Waals surface area contributed by atoms with Crippen LogP contribution >= 0.6 is 0 Å². The van der Waals surface area contributed by atoms with Gasteiger partial charge in [-0.05, 0) is 37.3 Å². The molecule has 27 heavy (non-hydrogen) atoms. The Labute approximate surface area is 150 Å². The first-order valence-electron chi connectivity index (χ1n) is 7.88. The number of aryl methyl sites for hydroxylation is 1. The molecule has 1 aromatic heterocycles. The molecule has 2 aromatic carbocycles. The van der Waals surface area contributed by atoms with Crippen molar-refractivity contribution in [3.05, 3.63) is 76.4 Å². The van der Waals surface area contributed by atoms with Crippen LogP contribution in [0.3, 0.4) is 0 Å². The molecule has 0 spiro atoms. The van der Waals surface area contributed by atoms with Crippen LogP contribution in [0.4, 0.5) is 22.0 Å². The van der Waals surface area contributed by atoms with Crippen LogP contribution in [0.2, 0.25) is 0 Å². The minimum absolute atomic E-state index is 0.117. The number of aliphatic imine (C=N–C) groups is 1.